The third kappa shape index (κ3) is 3.87. The van der Waals surface area contributed by atoms with E-state index in [9.17, 15) is 14.0 Å². The minimum Gasteiger partial charge on any atom is -0.319 e. The van der Waals surface area contributed by atoms with E-state index in [-0.39, 0.29) is 21.7 Å². The minimum atomic E-state index is -0.776. The topological polar surface area (TPSA) is 103 Å². The molecule has 4 rings (SSSR count). The van der Waals surface area contributed by atoms with Crippen LogP contribution in [0.5, 0.6) is 0 Å². The van der Waals surface area contributed by atoms with Crippen molar-refractivity contribution < 1.29 is 9.18 Å². The van der Waals surface area contributed by atoms with Crippen molar-refractivity contribution in [2.24, 2.45) is 0 Å². The third-order valence-electron chi connectivity index (χ3n) is 4.69. The summed E-state index contributed by atoms with van der Waals surface area (Å²) in [6, 6.07) is 7.31. The highest BCUT2D eigenvalue weighted by atomic mass is 35.5. The van der Waals surface area contributed by atoms with Gasteiger partial charge in [-0.05, 0) is 56.7 Å². The van der Waals surface area contributed by atoms with Gasteiger partial charge in [0.25, 0.3) is 5.91 Å². The van der Waals surface area contributed by atoms with Crippen LogP contribution in [0.3, 0.4) is 0 Å². The van der Waals surface area contributed by atoms with Crippen molar-refractivity contribution in [1.82, 2.24) is 25.0 Å². The Balaban J connectivity index is 1.96. The summed E-state index contributed by atoms with van der Waals surface area (Å²) in [7, 11) is 0. The van der Waals surface area contributed by atoms with E-state index in [0.29, 0.717) is 17.1 Å². The lowest BCUT2D eigenvalue weighted by Gasteiger charge is -2.14. The van der Waals surface area contributed by atoms with Crippen LogP contribution in [0.2, 0.25) is 5.02 Å². The van der Waals surface area contributed by atoms with Gasteiger partial charge < -0.3 is 5.32 Å². The summed E-state index contributed by atoms with van der Waals surface area (Å²) >= 11 is 5.87. The number of nitrogens with one attached hydrogen (secondary N) is 1. The van der Waals surface area contributed by atoms with Gasteiger partial charge in [-0.3, -0.25) is 9.59 Å². The average Bonchev–Trinajstić information content (AvgIpc) is 2.70. The zero-order valence-electron chi connectivity index (χ0n) is 16.8. The van der Waals surface area contributed by atoms with Gasteiger partial charge >= 0.3 is 0 Å². The van der Waals surface area contributed by atoms with Crippen molar-refractivity contribution in [3.8, 4) is 5.69 Å². The summed E-state index contributed by atoms with van der Waals surface area (Å²) in [6.07, 6.45) is 1.34. The lowest BCUT2D eigenvalue weighted by atomic mass is 10.1. The largest absolute Gasteiger partial charge is 0.319 e. The van der Waals surface area contributed by atoms with Crippen LogP contribution in [-0.4, -0.2) is 30.9 Å². The molecular formula is C21H16ClFN6O2. The fraction of sp³-hybridized carbons (Fsp3) is 0.143. The molecule has 0 saturated heterocycles. The number of carbonyl (C=O) groups is 1. The first-order valence-electron chi connectivity index (χ1n) is 9.22. The first kappa shape index (κ1) is 20.5. The molecule has 0 bridgehead atoms. The lowest BCUT2D eigenvalue weighted by Crippen LogP contribution is -2.28. The molecule has 0 aliphatic heterocycles. The van der Waals surface area contributed by atoms with Crippen LogP contribution in [0.4, 0.5) is 10.1 Å². The van der Waals surface area contributed by atoms with E-state index in [4.69, 9.17) is 11.6 Å². The summed E-state index contributed by atoms with van der Waals surface area (Å²) in [4.78, 5) is 30.3. The summed E-state index contributed by atoms with van der Waals surface area (Å²) in [5.74, 6) is -1.44. The Labute approximate surface area is 180 Å². The Morgan fingerprint density at radius 2 is 1.94 bits per heavy atom. The van der Waals surface area contributed by atoms with E-state index in [0.717, 1.165) is 11.6 Å². The van der Waals surface area contributed by atoms with Crippen LogP contribution in [-0.2, 0) is 0 Å². The quantitative estimate of drug-likeness (QED) is 0.524. The molecule has 0 aliphatic carbocycles. The number of hydrogen-bond acceptors (Lipinski definition) is 6. The summed E-state index contributed by atoms with van der Waals surface area (Å²) in [6.45, 7) is 5.27. The van der Waals surface area contributed by atoms with E-state index in [2.05, 4.69) is 25.6 Å². The maximum absolute atomic E-state index is 14.7. The number of rotatable bonds is 3. The molecule has 0 unspecified atom stereocenters. The molecule has 3 heterocycles. The predicted octanol–water partition coefficient (Wildman–Crippen LogP) is 3.54. The number of aromatic nitrogens is 5. The second kappa shape index (κ2) is 7.84. The molecule has 1 N–H and O–H groups in total. The van der Waals surface area contributed by atoms with Crippen molar-refractivity contribution in [2.45, 2.75) is 20.8 Å². The third-order valence-corrected chi connectivity index (χ3v) is 4.93. The van der Waals surface area contributed by atoms with Gasteiger partial charge in [0.05, 0.1) is 23.1 Å². The molecule has 1 amide bonds. The smallest absolute Gasteiger partial charge is 0.280 e. The molecule has 0 radical (unpaired) electrons. The van der Waals surface area contributed by atoms with Crippen LogP contribution >= 0.6 is 11.6 Å². The number of nitrogens with zero attached hydrogens (tertiary/aromatic N) is 5. The van der Waals surface area contributed by atoms with Crippen molar-refractivity contribution in [3.63, 3.8) is 0 Å². The number of fused-ring (bicyclic) bond motifs is 1. The first-order valence-corrected chi connectivity index (χ1v) is 9.60. The lowest BCUT2D eigenvalue weighted by molar-refractivity contribution is 0.102. The standard InChI is InChI=1S/C21H16ClFN6O2/c1-10-6-17-18(25-12(10)3)20(30)19(21(31)26-14-7-11(2)27-24-9-14)28-29(17)16-5-4-13(22)8-15(16)23/h4-9H,1-3H3,(H,26,27,31). The maximum Gasteiger partial charge on any atom is 0.280 e. The summed E-state index contributed by atoms with van der Waals surface area (Å²) in [5, 5.41) is 14.5. The monoisotopic (exact) mass is 438 g/mol. The summed E-state index contributed by atoms with van der Waals surface area (Å²) in [5.41, 5.74) is 1.51. The molecular weight excluding hydrogens is 423 g/mol. The van der Waals surface area contributed by atoms with Crippen molar-refractivity contribution >= 4 is 34.2 Å². The number of amides is 1. The minimum absolute atomic E-state index is 0.00151. The van der Waals surface area contributed by atoms with E-state index in [1.807, 2.05) is 6.92 Å². The highest BCUT2D eigenvalue weighted by Crippen LogP contribution is 2.22. The molecule has 8 nitrogen and oxygen atoms in total. The van der Waals surface area contributed by atoms with Gasteiger partial charge in [-0.25, -0.2) is 14.1 Å². The Kier molecular flexibility index (Phi) is 5.20. The van der Waals surface area contributed by atoms with Gasteiger partial charge in [0.15, 0.2) is 5.69 Å². The van der Waals surface area contributed by atoms with E-state index in [1.165, 1.54) is 23.0 Å². The Morgan fingerprint density at radius 1 is 1.16 bits per heavy atom. The number of carbonyl (C=O) groups excluding carboxylic acids is 1. The van der Waals surface area contributed by atoms with E-state index >= 15 is 0 Å². The highest BCUT2D eigenvalue weighted by molar-refractivity contribution is 6.30. The van der Waals surface area contributed by atoms with E-state index in [1.54, 1.807) is 26.0 Å². The number of pyridine rings is 1. The molecule has 0 atom stereocenters. The molecule has 156 valence electrons. The predicted molar refractivity (Wildman–Crippen MR) is 114 cm³/mol. The molecule has 0 spiro atoms. The van der Waals surface area contributed by atoms with Crippen LogP contribution in [0, 0.1) is 26.6 Å². The molecule has 0 aliphatic rings. The second-order valence-electron chi connectivity index (χ2n) is 6.98. The molecule has 0 fully saturated rings. The van der Waals surface area contributed by atoms with E-state index < -0.39 is 22.8 Å². The van der Waals surface area contributed by atoms with Crippen molar-refractivity contribution in [1.29, 1.82) is 0 Å². The molecule has 31 heavy (non-hydrogen) atoms. The number of aryl methyl sites for hydroxylation is 3. The Morgan fingerprint density at radius 3 is 2.65 bits per heavy atom. The Bertz CT molecular complexity index is 1420. The number of anilines is 1. The van der Waals surface area contributed by atoms with Gasteiger partial charge in [0.2, 0.25) is 5.43 Å². The average molecular weight is 439 g/mol. The Hall–Kier alpha value is -3.72. The van der Waals surface area contributed by atoms with Gasteiger partial charge in [-0.1, -0.05) is 11.6 Å². The maximum atomic E-state index is 14.7. The zero-order valence-corrected chi connectivity index (χ0v) is 17.5. The van der Waals surface area contributed by atoms with Crippen LogP contribution < -0.4 is 10.7 Å². The number of benzene rings is 1. The van der Waals surface area contributed by atoms with Crippen LogP contribution in [0.1, 0.15) is 27.4 Å². The molecule has 3 aromatic heterocycles. The number of hydrogen-bond donors (Lipinski definition) is 1. The van der Waals surface area contributed by atoms with Gasteiger partial charge in [0.1, 0.15) is 17.0 Å². The molecule has 10 heteroatoms. The fourth-order valence-electron chi connectivity index (χ4n) is 3.05. The van der Waals surface area contributed by atoms with Gasteiger partial charge in [-0.15, -0.1) is 0 Å². The van der Waals surface area contributed by atoms with Crippen LogP contribution in [0.15, 0.2) is 41.3 Å². The zero-order chi connectivity index (χ0) is 22.3. The fourth-order valence-corrected chi connectivity index (χ4v) is 3.21. The van der Waals surface area contributed by atoms with Crippen LogP contribution in [0.25, 0.3) is 16.7 Å². The van der Waals surface area contributed by atoms with Gasteiger partial charge in [0, 0.05) is 10.7 Å². The molecule has 1 aromatic carbocycles. The van der Waals surface area contributed by atoms with Gasteiger partial charge in [-0.2, -0.15) is 15.3 Å². The molecule has 0 saturated carbocycles. The molecule has 4 aromatic rings. The first-order chi connectivity index (χ1) is 14.7. The van der Waals surface area contributed by atoms with Crippen molar-refractivity contribution in [2.75, 3.05) is 5.32 Å². The van der Waals surface area contributed by atoms with Crippen molar-refractivity contribution in [3.05, 3.63) is 80.2 Å². The normalized spacial score (nSPS) is 11.0. The number of halogens is 2. The summed E-state index contributed by atoms with van der Waals surface area (Å²) < 4.78 is 15.9. The highest BCUT2D eigenvalue weighted by Gasteiger charge is 2.21. The SMILES string of the molecule is Cc1cc(NC(=O)c2nn(-c3ccc(Cl)cc3F)c3cc(C)c(C)nc3c2=O)cnn1. The second-order valence-corrected chi connectivity index (χ2v) is 7.42.